The standard InChI is InChI=1S/C7H11Cl2NO/c1-5-6(8)4-11-10(5)7(2,3)9/h4-5H,1-3H3. The molecule has 0 saturated carbocycles. The zero-order chi connectivity index (χ0) is 8.65. The maximum Gasteiger partial charge on any atom is 0.127 e. The Kier molecular flexibility index (Phi) is 2.37. The maximum atomic E-state index is 6.01. The Morgan fingerprint density at radius 3 is 2.36 bits per heavy atom. The molecule has 0 amide bonds. The van der Waals surface area contributed by atoms with Gasteiger partial charge in [-0.1, -0.05) is 23.2 Å². The molecule has 1 unspecified atom stereocenters. The van der Waals surface area contributed by atoms with Crippen molar-refractivity contribution in [1.82, 2.24) is 5.06 Å². The highest BCUT2D eigenvalue weighted by atomic mass is 35.5. The monoisotopic (exact) mass is 195 g/mol. The first kappa shape index (κ1) is 9.17. The second kappa shape index (κ2) is 2.85. The molecule has 0 bridgehead atoms. The number of alkyl halides is 1. The van der Waals surface area contributed by atoms with Gasteiger partial charge in [-0.2, -0.15) is 0 Å². The Morgan fingerprint density at radius 1 is 1.64 bits per heavy atom. The van der Waals surface area contributed by atoms with Gasteiger partial charge in [0.25, 0.3) is 0 Å². The third-order valence-corrected chi connectivity index (χ3v) is 2.13. The van der Waals surface area contributed by atoms with Crippen molar-refractivity contribution < 1.29 is 4.84 Å². The first-order chi connectivity index (χ1) is 4.93. The normalized spacial score (nSPS) is 26.6. The summed E-state index contributed by atoms with van der Waals surface area (Å²) in [5.41, 5.74) is 0. The molecule has 0 N–H and O–H groups in total. The predicted molar refractivity (Wildman–Crippen MR) is 46.3 cm³/mol. The summed E-state index contributed by atoms with van der Waals surface area (Å²) in [7, 11) is 0. The molecule has 4 heteroatoms. The van der Waals surface area contributed by atoms with Crippen LogP contribution < -0.4 is 0 Å². The van der Waals surface area contributed by atoms with Gasteiger partial charge in [-0.15, -0.1) is 5.06 Å². The molecule has 0 aromatic heterocycles. The average Bonchev–Trinajstić information content (AvgIpc) is 2.11. The molecule has 0 aliphatic carbocycles. The molecule has 1 aliphatic heterocycles. The fraction of sp³-hybridized carbons (Fsp3) is 0.714. The molecule has 64 valence electrons. The van der Waals surface area contributed by atoms with Crippen LogP contribution in [0.2, 0.25) is 0 Å². The SMILES string of the molecule is CC1C(Cl)=CON1C(C)(C)Cl. The van der Waals surface area contributed by atoms with Crippen molar-refractivity contribution in [3.05, 3.63) is 11.3 Å². The largest absolute Gasteiger partial charge is 0.410 e. The Hall–Kier alpha value is 0.0800. The molecular formula is C7H11Cl2NO. The van der Waals surface area contributed by atoms with Gasteiger partial charge in [0.05, 0.1) is 11.1 Å². The lowest BCUT2D eigenvalue weighted by Gasteiger charge is -2.30. The zero-order valence-electron chi connectivity index (χ0n) is 6.77. The third-order valence-electron chi connectivity index (χ3n) is 1.55. The van der Waals surface area contributed by atoms with Crippen molar-refractivity contribution in [1.29, 1.82) is 0 Å². The van der Waals surface area contributed by atoms with E-state index in [9.17, 15) is 0 Å². The lowest BCUT2D eigenvalue weighted by molar-refractivity contribution is -0.139. The third kappa shape index (κ3) is 1.81. The highest BCUT2D eigenvalue weighted by Crippen LogP contribution is 2.31. The maximum absolute atomic E-state index is 6.01. The van der Waals surface area contributed by atoms with E-state index in [1.54, 1.807) is 5.06 Å². The molecule has 0 aromatic rings. The first-order valence-corrected chi connectivity index (χ1v) is 4.19. The number of hydrogen-bond acceptors (Lipinski definition) is 2. The number of rotatable bonds is 1. The van der Waals surface area contributed by atoms with Crippen molar-refractivity contribution in [2.45, 2.75) is 31.8 Å². The predicted octanol–water partition coefficient (Wildman–Crippen LogP) is 2.68. The quantitative estimate of drug-likeness (QED) is 0.472. The Labute approximate surface area is 76.7 Å². The van der Waals surface area contributed by atoms with Crippen LogP contribution in [0.25, 0.3) is 0 Å². The van der Waals surface area contributed by atoms with E-state index in [4.69, 9.17) is 28.0 Å². The molecule has 2 nitrogen and oxygen atoms in total. The van der Waals surface area contributed by atoms with Crippen LogP contribution in [0.4, 0.5) is 0 Å². The van der Waals surface area contributed by atoms with Crippen molar-refractivity contribution in [3.8, 4) is 0 Å². The van der Waals surface area contributed by atoms with Crippen LogP contribution in [0.5, 0.6) is 0 Å². The van der Waals surface area contributed by atoms with Gasteiger partial charge < -0.3 is 4.84 Å². The molecule has 0 saturated heterocycles. The van der Waals surface area contributed by atoms with Crippen LogP contribution in [0.15, 0.2) is 11.3 Å². The number of nitrogens with zero attached hydrogens (tertiary/aromatic N) is 1. The molecule has 11 heavy (non-hydrogen) atoms. The Morgan fingerprint density at radius 2 is 2.18 bits per heavy atom. The van der Waals surface area contributed by atoms with Gasteiger partial charge >= 0.3 is 0 Å². The number of hydrogen-bond donors (Lipinski definition) is 0. The van der Waals surface area contributed by atoms with Crippen LogP contribution in [0, 0.1) is 0 Å². The minimum Gasteiger partial charge on any atom is -0.410 e. The van der Waals surface area contributed by atoms with Gasteiger partial charge in [-0.25, -0.2) is 0 Å². The number of hydroxylamine groups is 2. The zero-order valence-corrected chi connectivity index (χ0v) is 8.28. The minimum absolute atomic E-state index is 0.0455. The van der Waals surface area contributed by atoms with Crippen LogP contribution >= 0.6 is 23.2 Å². The summed E-state index contributed by atoms with van der Waals surface area (Å²) >= 11 is 11.8. The van der Waals surface area contributed by atoms with Crippen LogP contribution in [0.1, 0.15) is 20.8 Å². The summed E-state index contributed by atoms with van der Waals surface area (Å²) in [4.78, 5) is 4.63. The average molecular weight is 196 g/mol. The second-order valence-corrected chi connectivity index (χ2v) is 4.38. The molecule has 1 rings (SSSR count). The van der Waals surface area contributed by atoms with E-state index in [0.29, 0.717) is 5.03 Å². The van der Waals surface area contributed by atoms with Gasteiger partial charge in [0.15, 0.2) is 0 Å². The van der Waals surface area contributed by atoms with E-state index >= 15 is 0 Å². The molecule has 1 heterocycles. The van der Waals surface area contributed by atoms with Gasteiger partial charge in [0, 0.05) is 0 Å². The summed E-state index contributed by atoms with van der Waals surface area (Å²) in [6.45, 7) is 5.65. The van der Waals surface area contributed by atoms with E-state index in [-0.39, 0.29) is 6.04 Å². The Balaban J connectivity index is 2.68. The second-order valence-electron chi connectivity index (χ2n) is 3.02. The summed E-state index contributed by atoms with van der Waals surface area (Å²) in [6, 6.07) is 0.0455. The molecule has 1 atom stereocenters. The van der Waals surface area contributed by atoms with Crippen molar-refractivity contribution in [3.63, 3.8) is 0 Å². The van der Waals surface area contributed by atoms with Crippen LogP contribution in [-0.4, -0.2) is 16.1 Å². The van der Waals surface area contributed by atoms with Gasteiger partial charge in [-0.3, -0.25) is 0 Å². The van der Waals surface area contributed by atoms with Gasteiger partial charge in [0.2, 0.25) is 0 Å². The van der Waals surface area contributed by atoms with Gasteiger partial charge in [0.1, 0.15) is 11.3 Å². The molecule has 1 aliphatic rings. The highest BCUT2D eigenvalue weighted by Gasteiger charge is 2.35. The summed E-state index contributed by atoms with van der Waals surface area (Å²) in [5, 5.41) is 2.33. The lowest BCUT2D eigenvalue weighted by atomic mass is 10.3. The summed E-state index contributed by atoms with van der Waals surface area (Å²) in [6.07, 6.45) is 1.51. The van der Waals surface area contributed by atoms with Crippen molar-refractivity contribution in [2.75, 3.05) is 0 Å². The van der Waals surface area contributed by atoms with Crippen LogP contribution in [-0.2, 0) is 4.84 Å². The lowest BCUT2D eigenvalue weighted by Crippen LogP contribution is -2.41. The summed E-state index contributed by atoms with van der Waals surface area (Å²) in [5.74, 6) is 0. The summed E-state index contributed by atoms with van der Waals surface area (Å²) < 4.78 is 0. The molecule has 0 spiro atoms. The smallest absolute Gasteiger partial charge is 0.127 e. The molecule has 0 radical (unpaired) electrons. The topological polar surface area (TPSA) is 12.5 Å². The molecular weight excluding hydrogens is 185 g/mol. The fourth-order valence-corrected chi connectivity index (χ4v) is 1.31. The Bertz CT molecular complexity index is 185. The van der Waals surface area contributed by atoms with E-state index in [1.807, 2.05) is 20.8 Å². The van der Waals surface area contributed by atoms with E-state index in [1.165, 1.54) is 6.26 Å². The van der Waals surface area contributed by atoms with Crippen molar-refractivity contribution in [2.24, 2.45) is 0 Å². The van der Waals surface area contributed by atoms with E-state index in [2.05, 4.69) is 0 Å². The van der Waals surface area contributed by atoms with E-state index in [0.717, 1.165) is 0 Å². The van der Waals surface area contributed by atoms with Crippen molar-refractivity contribution >= 4 is 23.2 Å². The van der Waals surface area contributed by atoms with Gasteiger partial charge in [-0.05, 0) is 20.8 Å². The van der Waals surface area contributed by atoms with Crippen LogP contribution in [0.3, 0.4) is 0 Å². The minimum atomic E-state index is -0.521. The molecule has 0 fully saturated rings. The highest BCUT2D eigenvalue weighted by molar-refractivity contribution is 6.30. The number of halogens is 2. The fourth-order valence-electron chi connectivity index (χ4n) is 0.995. The first-order valence-electron chi connectivity index (χ1n) is 3.43. The molecule has 0 aromatic carbocycles. The van der Waals surface area contributed by atoms with E-state index < -0.39 is 5.00 Å².